The van der Waals surface area contributed by atoms with Crippen molar-refractivity contribution in [3.63, 3.8) is 0 Å². The van der Waals surface area contributed by atoms with Crippen LogP contribution in [0, 0.1) is 11.0 Å². The molecule has 0 aliphatic carbocycles. The minimum Gasteiger partial charge on any atom is -0.595 e. The standard InChI is InChI=1S/C6H6FNO2/c7-5-3-1-2-4-6(5)8(9)10/h1-4,8-9H. The summed E-state index contributed by atoms with van der Waals surface area (Å²) in [6.07, 6.45) is 0. The van der Waals surface area contributed by atoms with Crippen LogP contribution in [0.1, 0.15) is 0 Å². The lowest BCUT2D eigenvalue weighted by atomic mass is 10.3. The van der Waals surface area contributed by atoms with E-state index in [9.17, 15) is 9.60 Å². The van der Waals surface area contributed by atoms with Crippen LogP contribution in [0.2, 0.25) is 0 Å². The molecule has 0 amide bonds. The third-order valence-corrected chi connectivity index (χ3v) is 1.10. The molecule has 0 heterocycles. The number of rotatable bonds is 1. The van der Waals surface area contributed by atoms with Gasteiger partial charge in [-0.1, -0.05) is 12.1 Å². The summed E-state index contributed by atoms with van der Waals surface area (Å²) in [5.74, 6) is -0.699. The fraction of sp³-hybridized carbons (Fsp3) is 0. The highest BCUT2D eigenvalue weighted by molar-refractivity contribution is 5.29. The molecule has 1 rings (SSSR count). The van der Waals surface area contributed by atoms with E-state index in [0.29, 0.717) is 0 Å². The highest BCUT2D eigenvalue weighted by Crippen LogP contribution is 2.05. The normalized spacial score (nSPS) is 13.1. The van der Waals surface area contributed by atoms with Crippen molar-refractivity contribution in [2.24, 2.45) is 0 Å². The highest BCUT2D eigenvalue weighted by Gasteiger charge is 2.04. The molecule has 0 radical (unpaired) electrons. The van der Waals surface area contributed by atoms with Crippen molar-refractivity contribution >= 4 is 5.69 Å². The Balaban J connectivity index is 3.03. The minimum atomic E-state index is -1.24. The monoisotopic (exact) mass is 143 g/mol. The molecule has 0 aliphatic heterocycles. The van der Waals surface area contributed by atoms with Gasteiger partial charge >= 0.3 is 0 Å². The predicted molar refractivity (Wildman–Crippen MR) is 32.2 cm³/mol. The maximum absolute atomic E-state index is 12.5. The SMILES string of the molecule is [O-][NH+](O)c1ccccc1F. The summed E-state index contributed by atoms with van der Waals surface area (Å²) in [7, 11) is 0. The van der Waals surface area contributed by atoms with Gasteiger partial charge in [0.15, 0.2) is 11.5 Å². The molecular weight excluding hydrogens is 137 g/mol. The first-order chi connectivity index (χ1) is 4.72. The second-order valence-electron chi connectivity index (χ2n) is 1.78. The fourth-order valence-electron chi connectivity index (χ4n) is 0.635. The van der Waals surface area contributed by atoms with Crippen LogP contribution >= 0.6 is 0 Å². The lowest BCUT2D eigenvalue weighted by Crippen LogP contribution is -2.99. The number of hydrogen-bond donors (Lipinski definition) is 2. The Labute approximate surface area is 56.9 Å². The molecule has 1 aromatic carbocycles. The van der Waals surface area contributed by atoms with Gasteiger partial charge in [0.1, 0.15) is 0 Å². The summed E-state index contributed by atoms with van der Waals surface area (Å²) in [5.41, 5.74) is -0.289. The van der Waals surface area contributed by atoms with E-state index < -0.39 is 11.0 Å². The Morgan fingerprint density at radius 2 is 2.00 bits per heavy atom. The molecule has 0 bridgehead atoms. The maximum Gasteiger partial charge on any atom is 0.199 e. The maximum atomic E-state index is 12.5. The van der Waals surface area contributed by atoms with Gasteiger partial charge in [-0.2, -0.15) is 5.23 Å². The van der Waals surface area contributed by atoms with Crippen molar-refractivity contribution in [2.75, 3.05) is 0 Å². The van der Waals surface area contributed by atoms with Crippen LogP contribution in [0.15, 0.2) is 24.3 Å². The van der Waals surface area contributed by atoms with Crippen LogP contribution in [0.25, 0.3) is 0 Å². The average molecular weight is 143 g/mol. The third kappa shape index (κ3) is 1.30. The molecule has 0 aromatic heterocycles. The number of nitrogens with one attached hydrogen (secondary N) is 1. The second-order valence-corrected chi connectivity index (χ2v) is 1.78. The summed E-state index contributed by atoms with van der Waals surface area (Å²) < 4.78 is 12.5. The van der Waals surface area contributed by atoms with Crippen molar-refractivity contribution in [1.29, 1.82) is 0 Å². The molecule has 0 spiro atoms. The molecule has 0 fully saturated rings. The Morgan fingerprint density at radius 1 is 1.40 bits per heavy atom. The molecule has 3 nitrogen and oxygen atoms in total. The van der Waals surface area contributed by atoms with E-state index in [1.165, 1.54) is 18.2 Å². The van der Waals surface area contributed by atoms with E-state index in [0.717, 1.165) is 6.07 Å². The number of benzene rings is 1. The smallest absolute Gasteiger partial charge is 0.199 e. The van der Waals surface area contributed by atoms with E-state index >= 15 is 0 Å². The van der Waals surface area contributed by atoms with Gasteiger partial charge in [-0.05, 0) is 6.07 Å². The summed E-state index contributed by atoms with van der Waals surface area (Å²) >= 11 is 0. The summed E-state index contributed by atoms with van der Waals surface area (Å²) in [6.45, 7) is 0. The van der Waals surface area contributed by atoms with Gasteiger partial charge < -0.3 is 5.21 Å². The van der Waals surface area contributed by atoms with Gasteiger partial charge in [0.05, 0.1) is 0 Å². The van der Waals surface area contributed by atoms with Crippen molar-refractivity contribution < 1.29 is 14.8 Å². The molecular formula is C6H6FNO2. The first kappa shape index (κ1) is 7.14. The van der Waals surface area contributed by atoms with E-state index in [1.54, 1.807) is 0 Å². The molecule has 0 aliphatic rings. The van der Waals surface area contributed by atoms with E-state index in [2.05, 4.69) is 0 Å². The van der Waals surface area contributed by atoms with E-state index in [4.69, 9.17) is 5.21 Å². The van der Waals surface area contributed by atoms with Gasteiger partial charge in [-0.3, -0.25) is 0 Å². The van der Waals surface area contributed by atoms with Crippen LogP contribution in [0.3, 0.4) is 0 Å². The Bertz CT molecular complexity index is 227. The lowest BCUT2D eigenvalue weighted by molar-refractivity contribution is -0.992. The first-order valence-electron chi connectivity index (χ1n) is 2.69. The van der Waals surface area contributed by atoms with Crippen LogP contribution in [-0.4, -0.2) is 5.21 Å². The zero-order valence-electron chi connectivity index (χ0n) is 5.04. The van der Waals surface area contributed by atoms with Crippen molar-refractivity contribution in [1.82, 2.24) is 0 Å². The van der Waals surface area contributed by atoms with E-state index in [1.807, 2.05) is 0 Å². The molecule has 54 valence electrons. The van der Waals surface area contributed by atoms with Crippen LogP contribution < -0.4 is 5.23 Å². The first-order valence-corrected chi connectivity index (χ1v) is 2.69. The lowest BCUT2D eigenvalue weighted by Gasteiger charge is -2.10. The number of hydrogen-bond acceptors (Lipinski definition) is 2. The van der Waals surface area contributed by atoms with Gasteiger partial charge in [-0.25, -0.2) is 9.60 Å². The predicted octanol–water partition coefficient (Wildman–Crippen LogP) is 0.229. The Morgan fingerprint density at radius 3 is 2.40 bits per heavy atom. The van der Waals surface area contributed by atoms with Gasteiger partial charge in [0, 0.05) is 6.07 Å². The quantitative estimate of drug-likeness (QED) is 0.553. The fourth-order valence-corrected chi connectivity index (χ4v) is 0.635. The number of halogens is 1. The topological polar surface area (TPSA) is 47.7 Å². The molecule has 0 saturated heterocycles. The third-order valence-electron chi connectivity index (χ3n) is 1.10. The van der Waals surface area contributed by atoms with Crippen molar-refractivity contribution in [3.05, 3.63) is 35.3 Å². The second kappa shape index (κ2) is 2.74. The number of para-hydroxylation sites is 1. The van der Waals surface area contributed by atoms with Crippen LogP contribution in [-0.2, 0) is 0 Å². The Kier molecular flexibility index (Phi) is 1.96. The largest absolute Gasteiger partial charge is 0.595 e. The molecule has 1 unspecified atom stereocenters. The van der Waals surface area contributed by atoms with Crippen molar-refractivity contribution in [3.8, 4) is 0 Å². The Hall–Kier alpha value is -0.970. The van der Waals surface area contributed by atoms with Gasteiger partial charge in [0.25, 0.3) is 0 Å². The molecule has 1 atom stereocenters. The molecule has 1 aromatic rings. The minimum absolute atomic E-state index is 0.289. The van der Waals surface area contributed by atoms with Crippen LogP contribution in [0.5, 0.6) is 0 Å². The van der Waals surface area contributed by atoms with Crippen LogP contribution in [0.4, 0.5) is 10.1 Å². The summed E-state index contributed by atoms with van der Waals surface area (Å²) in [4.78, 5) is 0. The van der Waals surface area contributed by atoms with Gasteiger partial charge in [0.2, 0.25) is 0 Å². The molecule has 10 heavy (non-hydrogen) atoms. The molecule has 2 N–H and O–H groups in total. The zero-order chi connectivity index (χ0) is 7.56. The number of quaternary nitrogens is 1. The molecule has 0 saturated carbocycles. The van der Waals surface area contributed by atoms with Gasteiger partial charge in [-0.15, -0.1) is 0 Å². The van der Waals surface area contributed by atoms with Crippen molar-refractivity contribution in [2.45, 2.75) is 0 Å². The highest BCUT2D eigenvalue weighted by atomic mass is 19.1. The zero-order valence-corrected chi connectivity index (χ0v) is 5.04. The van der Waals surface area contributed by atoms with E-state index in [-0.39, 0.29) is 5.69 Å². The summed E-state index contributed by atoms with van der Waals surface area (Å²) in [5, 5.41) is 17.3. The molecule has 4 heteroatoms. The summed E-state index contributed by atoms with van der Waals surface area (Å²) in [6, 6.07) is 5.26. The average Bonchev–Trinajstić information content (AvgIpc) is 1.88.